The van der Waals surface area contributed by atoms with Gasteiger partial charge in [-0.05, 0) is 37.6 Å². The van der Waals surface area contributed by atoms with E-state index < -0.39 is 10.0 Å². The van der Waals surface area contributed by atoms with Crippen LogP contribution in [0.3, 0.4) is 0 Å². The summed E-state index contributed by atoms with van der Waals surface area (Å²) >= 11 is 0. The SMILES string of the molecule is CCS(=O)(=O)N(C)c1cccc(C(=O)N[C@H](C)c2ccccc2)c1. The molecule has 2 aromatic rings. The lowest BCUT2D eigenvalue weighted by Gasteiger charge is -2.19. The van der Waals surface area contributed by atoms with Gasteiger partial charge in [-0.3, -0.25) is 9.10 Å². The van der Waals surface area contributed by atoms with E-state index in [0.717, 1.165) is 5.56 Å². The van der Waals surface area contributed by atoms with Crippen molar-refractivity contribution in [2.75, 3.05) is 17.1 Å². The van der Waals surface area contributed by atoms with Crippen LogP contribution >= 0.6 is 0 Å². The van der Waals surface area contributed by atoms with Gasteiger partial charge in [-0.1, -0.05) is 36.4 Å². The Bertz CT molecular complexity index is 804. The molecule has 2 rings (SSSR count). The number of benzene rings is 2. The van der Waals surface area contributed by atoms with Crippen LogP contribution in [0, 0.1) is 0 Å². The highest BCUT2D eigenvalue weighted by Crippen LogP contribution is 2.19. The number of nitrogens with one attached hydrogen (secondary N) is 1. The van der Waals surface area contributed by atoms with Crippen LogP contribution in [0.5, 0.6) is 0 Å². The molecular formula is C18H22N2O3S. The molecule has 24 heavy (non-hydrogen) atoms. The van der Waals surface area contributed by atoms with Gasteiger partial charge >= 0.3 is 0 Å². The first-order valence-corrected chi connectivity index (χ1v) is 9.38. The van der Waals surface area contributed by atoms with Crippen molar-refractivity contribution in [1.29, 1.82) is 0 Å². The van der Waals surface area contributed by atoms with Crippen LogP contribution in [0.4, 0.5) is 5.69 Å². The zero-order valence-electron chi connectivity index (χ0n) is 14.1. The van der Waals surface area contributed by atoms with Crippen LogP contribution in [-0.2, 0) is 10.0 Å². The van der Waals surface area contributed by atoms with Gasteiger partial charge in [0.25, 0.3) is 5.91 Å². The van der Waals surface area contributed by atoms with Crippen LogP contribution in [0.15, 0.2) is 54.6 Å². The molecule has 5 nitrogen and oxygen atoms in total. The summed E-state index contributed by atoms with van der Waals surface area (Å²) < 4.78 is 25.1. The number of nitrogens with zero attached hydrogens (tertiary/aromatic N) is 1. The number of sulfonamides is 1. The molecule has 0 heterocycles. The van der Waals surface area contributed by atoms with Gasteiger partial charge in [0.2, 0.25) is 10.0 Å². The Labute approximate surface area is 143 Å². The first-order chi connectivity index (χ1) is 11.3. The maximum atomic E-state index is 12.4. The third-order valence-corrected chi connectivity index (χ3v) is 5.68. The molecule has 6 heteroatoms. The number of carbonyl (C=O) groups excluding carboxylic acids is 1. The number of anilines is 1. The van der Waals surface area contributed by atoms with Crippen LogP contribution < -0.4 is 9.62 Å². The molecule has 0 aromatic heterocycles. The van der Waals surface area contributed by atoms with Crippen LogP contribution in [-0.4, -0.2) is 27.1 Å². The summed E-state index contributed by atoms with van der Waals surface area (Å²) in [6, 6.07) is 16.1. The van der Waals surface area contributed by atoms with Gasteiger partial charge in [0.1, 0.15) is 0 Å². The van der Waals surface area contributed by atoms with Crippen molar-refractivity contribution in [2.45, 2.75) is 19.9 Å². The van der Waals surface area contributed by atoms with Gasteiger partial charge in [-0.25, -0.2) is 8.42 Å². The summed E-state index contributed by atoms with van der Waals surface area (Å²) in [5.74, 6) is -0.235. The minimum absolute atomic E-state index is 0.00493. The summed E-state index contributed by atoms with van der Waals surface area (Å²) in [5.41, 5.74) is 1.90. The molecule has 2 aromatic carbocycles. The van der Waals surface area contributed by atoms with E-state index in [1.54, 1.807) is 31.2 Å². The average Bonchev–Trinajstić information content (AvgIpc) is 2.61. The fourth-order valence-electron chi connectivity index (χ4n) is 2.30. The van der Waals surface area contributed by atoms with Gasteiger partial charge in [0.05, 0.1) is 17.5 Å². The average molecular weight is 346 g/mol. The first kappa shape index (κ1) is 18.0. The summed E-state index contributed by atoms with van der Waals surface area (Å²) in [4.78, 5) is 12.4. The molecule has 0 spiro atoms. The number of hydrogen-bond donors (Lipinski definition) is 1. The lowest BCUT2D eigenvalue weighted by atomic mass is 10.1. The third kappa shape index (κ3) is 4.14. The maximum absolute atomic E-state index is 12.4. The topological polar surface area (TPSA) is 66.5 Å². The predicted octanol–water partition coefficient (Wildman–Crippen LogP) is 2.96. The van der Waals surface area contributed by atoms with Crippen molar-refractivity contribution in [3.63, 3.8) is 0 Å². The van der Waals surface area contributed by atoms with Crippen LogP contribution in [0.25, 0.3) is 0 Å². The van der Waals surface area contributed by atoms with E-state index in [1.807, 2.05) is 37.3 Å². The fourth-order valence-corrected chi connectivity index (χ4v) is 3.12. The standard InChI is InChI=1S/C18H22N2O3S/c1-4-24(22,23)20(3)17-12-8-11-16(13-17)18(21)19-14(2)15-9-6-5-7-10-15/h5-14H,4H2,1-3H3,(H,19,21)/t14-/m1/s1. The van der Waals surface area contributed by atoms with E-state index in [2.05, 4.69) is 5.32 Å². The number of rotatable bonds is 6. The van der Waals surface area contributed by atoms with Crippen molar-refractivity contribution in [3.8, 4) is 0 Å². The first-order valence-electron chi connectivity index (χ1n) is 7.77. The van der Waals surface area contributed by atoms with Gasteiger partial charge in [-0.15, -0.1) is 0 Å². The molecular weight excluding hydrogens is 324 g/mol. The molecule has 1 atom stereocenters. The second kappa shape index (κ2) is 7.49. The summed E-state index contributed by atoms with van der Waals surface area (Å²) in [7, 11) is -1.87. The molecule has 1 N–H and O–H groups in total. The smallest absolute Gasteiger partial charge is 0.251 e. The summed E-state index contributed by atoms with van der Waals surface area (Å²) in [6.45, 7) is 3.49. The Morgan fingerprint density at radius 2 is 1.79 bits per heavy atom. The normalized spacial score (nSPS) is 12.5. The van der Waals surface area contributed by atoms with Crippen molar-refractivity contribution in [1.82, 2.24) is 5.32 Å². The largest absolute Gasteiger partial charge is 0.346 e. The van der Waals surface area contributed by atoms with E-state index in [1.165, 1.54) is 11.4 Å². The highest BCUT2D eigenvalue weighted by molar-refractivity contribution is 7.92. The number of amides is 1. The van der Waals surface area contributed by atoms with Crippen LogP contribution in [0.2, 0.25) is 0 Å². The van der Waals surface area contributed by atoms with Crippen molar-refractivity contribution in [2.24, 2.45) is 0 Å². The Kier molecular flexibility index (Phi) is 5.62. The zero-order valence-corrected chi connectivity index (χ0v) is 14.9. The Morgan fingerprint density at radius 1 is 1.12 bits per heavy atom. The molecule has 0 bridgehead atoms. The Hall–Kier alpha value is -2.34. The van der Waals surface area contributed by atoms with E-state index in [0.29, 0.717) is 11.3 Å². The van der Waals surface area contributed by atoms with E-state index in [-0.39, 0.29) is 17.7 Å². The highest BCUT2D eigenvalue weighted by atomic mass is 32.2. The predicted molar refractivity (Wildman–Crippen MR) is 96.6 cm³/mol. The minimum atomic E-state index is -3.36. The van der Waals surface area contributed by atoms with Gasteiger partial charge in [-0.2, -0.15) is 0 Å². The lowest BCUT2D eigenvalue weighted by Crippen LogP contribution is -2.29. The van der Waals surface area contributed by atoms with Crippen molar-refractivity contribution < 1.29 is 13.2 Å². The van der Waals surface area contributed by atoms with Gasteiger partial charge in [0.15, 0.2) is 0 Å². The Morgan fingerprint density at radius 3 is 2.42 bits per heavy atom. The van der Waals surface area contributed by atoms with E-state index in [4.69, 9.17) is 0 Å². The second-order valence-corrected chi connectivity index (χ2v) is 7.81. The summed E-state index contributed by atoms with van der Waals surface area (Å²) in [5, 5.41) is 2.92. The number of carbonyl (C=O) groups is 1. The van der Waals surface area contributed by atoms with E-state index in [9.17, 15) is 13.2 Å². The quantitative estimate of drug-likeness (QED) is 0.874. The third-order valence-electron chi connectivity index (χ3n) is 3.90. The molecule has 0 fully saturated rings. The fraction of sp³-hybridized carbons (Fsp3) is 0.278. The molecule has 1 amide bonds. The lowest BCUT2D eigenvalue weighted by molar-refractivity contribution is 0.0940. The second-order valence-electron chi connectivity index (χ2n) is 5.52. The molecule has 0 radical (unpaired) electrons. The molecule has 0 saturated carbocycles. The maximum Gasteiger partial charge on any atom is 0.251 e. The van der Waals surface area contributed by atoms with E-state index >= 15 is 0 Å². The number of hydrogen-bond acceptors (Lipinski definition) is 3. The molecule has 0 aliphatic heterocycles. The highest BCUT2D eigenvalue weighted by Gasteiger charge is 2.18. The Balaban J connectivity index is 2.18. The minimum Gasteiger partial charge on any atom is -0.346 e. The van der Waals surface area contributed by atoms with Gasteiger partial charge in [0, 0.05) is 12.6 Å². The van der Waals surface area contributed by atoms with Gasteiger partial charge < -0.3 is 5.32 Å². The molecule has 128 valence electrons. The summed E-state index contributed by atoms with van der Waals surface area (Å²) in [6.07, 6.45) is 0. The monoisotopic (exact) mass is 346 g/mol. The van der Waals surface area contributed by atoms with Crippen molar-refractivity contribution in [3.05, 3.63) is 65.7 Å². The van der Waals surface area contributed by atoms with Crippen molar-refractivity contribution >= 4 is 21.6 Å². The molecule has 0 saturated heterocycles. The molecule has 0 aliphatic carbocycles. The molecule has 0 unspecified atom stereocenters. The van der Waals surface area contributed by atoms with Crippen LogP contribution in [0.1, 0.15) is 35.8 Å². The molecule has 0 aliphatic rings. The zero-order chi connectivity index (χ0) is 17.7.